The van der Waals surface area contributed by atoms with E-state index in [1.807, 2.05) is 6.92 Å². The number of amides is 1. The smallest absolute Gasteiger partial charge is 0.412 e. The van der Waals surface area contributed by atoms with Gasteiger partial charge >= 0.3 is 11.8 Å². The Morgan fingerprint density at radius 1 is 1.02 bits per heavy atom. The van der Waals surface area contributed by atoms with E-state index in [4.69, 9.17) is 18.3 Å². The number of nitrogens with zero attached hydrogens (tertiary/aromatic N) is 2. The second-order valence-electron chi connectivity index (χ2n) is 14.8. The van der Waals surface area contributed by atoms with Crippen LogP contribution in [0.1, 0.15) is 86.8 Å². The van der Waals surface area contributed by atoms with Gasteiger partial charge in [0.25, 0.3) is 0 Å². The summed E-state index contributed by atoms with van der Waals surface area (Å²) in [5.41, 5.74) is -0.526. The first-order valence-corrected chi connectivity index (χ1v) is 21.9. The summed E-state index contributed by atoms with van der Waals surface area (Å²) in [5, 5.41) is 2.62. The molecule has 12 heteroatoms. The van der Waals surface area contributed by atoms with E-state index in [1.54, 1.807) is 6.20 Å². The number of rotatable bonds is 8. The molecule has 4 atom stereocenters. The maximum atomic E-state index is 13.4. The van der Waals surface area contributed by atoms with Crippen molar-refractivity contribution in [2.24, 2.45) is 5.92 Å². The highest BCUT2D eigenvalue weighted by Gasteiger charge is 2.53. The summed E-state index contributed by atoms with van der Waals surface area (Å²) in [4.78, 5) is 30.2. The summed E-state index contributed by atoms with van der Waals surface area (Å²) in [7, 11) is -4.47. The molecule has 9 nitrogen and oxygen atoms in total. The van der Waals surface area contributed by atoms with Crippen LogP contribution in [0.15, 0.2) is 11.0 Å². The summed E-state index contributed by atoms with van der Waals surface area (Å²) in [6.07, 6.45) is 5.02. The van der Waals surface area contributed by atoms with Crippen LogP contribution in [0.25, 0.3) is 0 Å². The number of nitrogens with one attached hydrogen (secondary N) is 1. The number of aromatic nitrogens is 2. The summed E-state index contributed by atoms with van der Waals surface area (Å²) in [6.45, 7) is 24.4. The van der Waals surface area contributed by atoms with Gasteiger partial charge in [-0.05, 0) is 84.5 Å². The molecule has 0 aromatic carbocycles. The number of carbonyl (C=O) groups is 1. The fourth-order valence-electron chi connectivity index (χ4n) is 4.75. The Kier molecular flexibility index (Phi) is 11.0. The van der Waals surface area contributed by atoms with Crippen LogP contribution in [0.4, 0.5) is 10.6 Å². The Morgan fingerprint density at radius 2 is 1.56 bits per heavy atom. The van der Waals surface area contributed by atoms with E-state index in [0.717, 1.165) is 12.8 Å². The maximum absolute atomic E-state index is 13.4. The van der Waals surface area contributed by atoms with Crippen molar-refractivity contribution < 1.29 is 23.1 Å². The minimum atomic E-state index is -2.28. The molecule has 0 spiro atoms. The fourth-order valence-corrected chi connectivity index (χ4v) is 7.95. The average Bonchev–Trinajstić information content (AvgIpc) is 3.12. The molecular formula is C29H52IN3O6Si2. The van der Waals surface area contributed by atoms with Gasteiger partial charge in [0.05, 0.1) is 16.3 Å². The van der Waals surface area contributed by atoms with Crippen LogP contribution < -0.4 is 11.0 Å². The van der Waals surface area contributed by atoms with Gasteiger partial charge in [0.15, 0.2) is 28.7 Å². The number of carbonyl (C=O) groups excluding carboxylic acids is 1. The molecule has 3 rings (SSSR count). The highest BCUT2D eigenvalue weighted by Crippen LogP contribution is 2.45. The van der Waals surface area contributed by atoms with E-state index in [2.05, 4.69) is 101 Å². The second-order valence-corrected chi connectivity index (χ2v) is 25.4. The molecule has 2 aliphatic rings. The van der Waals surface area contributed by atoms with Gasteiger partial charge in [-0.3, -0.25) is 9.88 Å². The molecule has 1 N–H and O–H groups in total. The molecule has 0 radical (unpaired) electrons. The third-order valence-corrected chi connectivity index (χ3v) is 19.2. The predicted octanol–water partition coefficient (Wildman–Crippen LogP) is 7.67. The molecule has 1 saturated carbocycles. The van der Waals surface area contributed by atoms with Crippen LogP contribution in [0.2, 0.25) is 36.3 Å². The number of hydrogen-bond acceptors (Lipinski definition) is 7. The van der Waals surface area contributed by atoms with Crippen LogP contribution in [0, 0.1) is 9.49 Å². The largest absolute Gasteiger partial charge is 0.449 e. The Labute approximate surface area is 262 Å². The molecule has 2 heterocycles. The van der Waals surface area contributed by atoms with Crippen molar-refractivity contribution in [3.05, 3.63) is 20.3 Å². The first-order valence-electron chi connectivity index (χ1n) is 15.0. The summed E-state index contributed by atoms with van der Waals surface area (Å²) in [5.74, 6) is 0.581. The van der Waals surface area contributed by atoms with Gasteiger partial charge in [0, 0.05) is 6.20 Å². The van der Waals surface area contributed by atoms with Crippen LogP contribution in [0.3, 0.4) is 0 Å². The van der Waals surface area contributed by atoms with Crippen molar-refractivity contribution >= 4 is 51.1 Å². The predicted molar refractivity (Wildman–Crippen MR) is 176 cm³/mol. The van der Waals surface area contributed by atoms with E-state index in [9.17, 15) is 9.59 Å². The molecule has 41 heavy (non-hydrogen) atoms. The molecule has 1 aromatic rings. The van der Waals surface area contributed by atoms with Gasteiger partial charge < -0.3 is 18.3 Å². The third kappa shape index (κ3) is 8.43. The lowest BCUT2D eigenvalue weighted by Gasteiger charge is -2.44. The summed E-state index contributed by atoms with van der Waals surface area (Å²) >= 11 is 2.08. The standard InChI is InChI=1S/C29H52IN3O6Si2/c1-19-22(38-40(8,9)28(2,3)4)23(39-41(10,11)29(5,6)7)25(37-19)33-17-21(30)24(31-26(33)34)32-27(35)36-18-20-15-13-12-14-16-20/h17,19-20,22-23,25H,12-16,18H2,1-11H3,(H,31,32,34,35)/t19-,22-,23-,25-/m1/s1. The number of anilines is 1. The molecule has 2 fully saturated rings. The van der Waals surface area contributed by atoms with Crippen LogP contribution in [-0.2, 0) is 18.3 Å². The van der Waals surface area contributed by atoms with Crippen molar-refractivity contribution in [3.8, 4) is 0 Å². The molecule has 1 amide bonds. The van der Waals surface area contributed by atoms with Gasteiger partial charge in [-0.25, -0.2) is 9.59 Å². The highest BCUT2D eigenvalue weighted by atomic mass is 127. The first kappa shape index (κ1) is 34.7. The Morgan fingerprint density at radius 3 is 2.10 bits per heavy atom. The minimum absolute atomic E-state index is 0.000979. The Bertz CT molecular complexity index is 1130. The molecule has 234 valence electrons. The minimum Gasteiger partial charge on any atom is -0.449 e. The lowest BCUT2D eigenvalue weighted by molar-refractivity contribution is -0.0311. The normalized spacial score (nSPS) is 24.9. The van der Waals surface area contributed by atoms with Gasteiger partial charge in [0.1, 0.15) is 12.2 Å². The third-order valence-electron chi connectivity index (χ3n) is 9.47. The summed E-state index contributed by atoms with van der Waals surface area (Å²) in [6, 6.07) is 0. The number of hydrogen-bond donors (Lipinski definition) is 1. The molecule has 1 aliphatic heterocycles. The maximum Gasteiger partial charge on any atom is 0.412 e. The first-order chi connectivity index (χ1) is 18.7. The topological polar surface area (TPSA) is 101 Å². The van der Waals surface area contributed by atoms with E-state index in [-0.39, 0.29) is 28.1 Å². The van der Waals surface area contributed by atoms with E-state index >= 15 is 0 Å². The molecule has 0 unspecified atom stereocenters. The molecule has 1 saturated heterocycles. The van der Waals surface area contributed by atoms with Crippen LogP contribution >= 0.6 is 22.6 Å². The molecule has 0 bridgehead atoms. The van der Waals surface area contributed by atoms with Crippen LogP contribution in [0.5, 0.6) is 0 Å². The quantitative estimate of drug-likeness (QED) is 0.217. The Hall–Kier alpha value is -0.806. The zero-order valence-corrected chi connectivity index (χ0v) is 31.1. The fraction of sp³-hybridized carbons (Fsp3) is 0.828. The van der Waals surface area contributed by atoms with E-state index in [0.29, 0.717) is 16.1 Å². The van der Waals surface area contributed by atoms with E-state index < -0.39 is 40.7 Å². The van der Waals surface area contributed by atoms with Gasteiger partial charge in [0.2, 0.25) is 0 Å². The van der Waals surface area contributed by atoms with Crippen molar-refractivity contribution in [3.63, 3.8) is 0 Å². The average molecular weight is 722 g/mol. The highest BCUT2D eigenvalue weighted by molar-refractivity contribution is 14.1. The summed E-state index contributed by atoms with van der Waals surface area (Å²) < 4.78 is 27.9. The lowest BCUT2D eigenvalue weighted by Crippen LogP contribution is -2.53. The van der Waals surface area contributed by atoms with Gasteiger partial charge in [-0.2, -0.15) is 4.98 Å². The second kappa shape index (κ2) is 13.0. The van der Waals surface area contributed by atoms with Gasteiger partial charge in [-0.1, -0.05) is 60.8 Å². The number of ether oxygens (including phenoxy) is 2. The Balaban J connectivity index is 1.88. The molecular weight excluding hydrogens is 669 g/mol. The van der Waals surface area contributed by atoms with E-state index in [1.165, 1.54) is 23.8 Å². The molecule has 1 aromatic heterocycles. The zero-order valence-electron chi connectivity index (χ0n) is 26.9. The van der Waals surface area contributed by atoms with Gasteiger partial charge in [-0.15, -0.1) is 0 Å². The van der Waals surface area contributed by atoms with Crippen molar-refractivity contribution in [2.75, 3.05) is 11.9 Å². The zero-order chi connectivity index (χ0) is 31.0. The lowest BCUT2D eigenvalue weighted by atomic mass is 9.90. The van der Waals surface area contributed by atoms with Crippen molar-refractivity contribution in [1.29, 1.82) is 0 Å². The monoisotopic (exact) mass is 721 g/mol. The van der Waals surface area contributed by atoms with Crippen molar-refractivity contribution in [2.45, 2.75) is 141 Å². The number of halogens is 1. The van der Waals surface area contributed by atoms with Crippen molar-refractivity contribution in [1.82, 2.24) is 9.55 Å². The molecule has 1 aliphatic carbocycles. The SMILES string of the molecule is C[C@H]1O[C@@H](n2cc(I)c(NC(=O)OCC3CCCCC3)nc2=O)[C@H](O[Si](C)(C)C(C)(C)C)[C@@H]1O[Si](C)(C)C(C)(C)C. The van der Waals surface area contributed by atoms with Crippen LogP contribution in [-0.4, -0.2) is 57.2 Å².